The Morgan fingerprint density at radius 3 is 2.67 bits per heavy atom. The topological polar surface area (TPSA) is 43.1 Å². The van der Waals surface area contributed by atoms with Crippen LogP contribution < -0.4 is 5.73 Å². The van der Waals surface area contributed by atoms with Crippen LogP contribution in [0.5, 0.6) is 0 Å². The smallest absolute Gasteiger partial charge is 0.153 e. The van der Waals surface area contributed by atoms with Gasteiger partial charge in [-0.15, -0.1) is 0 Å². The minimum atomic E-state index is -0.746. The highest BCUT2D eigenvalue weighted by Crippen LogP contribution is 2.22. The molecule has 5 heteroatoms. The largest absolute Gasteiger partial charge is 0.322 e. The molecule has 15 heavy (non-hydrogen) atoms. The summed E-state index contributed by atoms with van der Waals surface area (Å²) < 4.78 is 26.7. The summed E-state index contributed by atoms with van der Waals surface area (Å²) >= 11 is 2.92. The van der Waals surface area contributed by atoms with Crippen LogP contribution in [0.15, 0.2) is 16.6 Å². The van der Waals surface area contributed by atoms with Crippen LogP contribution in [0, 0.1) is 11.6 Å². The van der Waals surface area contributed by atoms with Crippen molar-refractivity contribution in [1.82, 2.24) is 0 Å². The molecule has 0 aliphatic heterocycles. The van der Waals surface area contributed by atoms with Crippen molar-refractivity contribution in [3.63, 3.8) is 0 Å². The molecule has 0 spiro atoms. The van der Waals surface area contributed by atoms with Gasteiger partial charge in [0.15, 0.2) is 5.78 Å². The molecule has 0 aliphatic carbocycles. The summed E-state index contributed by atoms with van der Waals surface area (Å²) in [5.74, 6) is -1.88. The minimum Gasteiger partial charge on any atom is -0.322 e. The average molecular weight is 278 g/mol. The lowest BCUT2D eigenvalue weighted by Crippen LogP contribution is -2.28. The normalized spacial score (nSPS) is 12.6. The molecule has 0 heterocycles. The molecule has 1 unspecified atom stereocenters. The summed E-state index contributed by atoms with van der Waals surface area (Å²) in [5.41, 5.74) is 5.07. The Hall–Kier alpha value is -0.810. The average Bonchev–Trinajstić information content (AvgIpc) is 2.18. The summed E-state index contributed by atoms with van der Waals surface area (Å²) in [4.78, 5) is 11.3. The Bertz CT molecular complexity index is 393. The van der Waals surface area contributed by atoms with Crippen LogP contribution in [0.25, 0.3) is 0 Å². The number of Topliss-reactive ketones (excluding diaryl/α,β-unsaturated/α-hetero) is 1. The van der Waals surface area contributed by atoms with Gasteiger partial charge in [-0.3, -0.25) is 4.79 Å². The lowest BCUT2D eigenvalue weighted by atomic mass is 10.0. The maximum atomic E-state index is 13.4. The van der Waals surface area contributed by atoms with E-state index in [2.05, 4.69) is 15.9 Å². The second kappa shape index (κ2) is 4.81. The zero-order chi connectivity index (χ0) is 11.6. The Kier molecular flexibility index (Phi) is 3.93. The van der Waals surface area contributed by atoms with E-state index < -0.39 is 23.5 Å². The number of rotatable bonds is 3. The van der Waals surface area contributed by atoms with E-state index >= 15 is 0 Å². The van der Waals surface area contributed by atoms with E-state index in [9.17, 15) is 13.6 Å². The summed E-state index contributed by atoms with van der Waals surface area (Å²) in [6.07, 6.45) is -0.325. The van der Waals surface area contributed by atoms with Gasteiger partial charge in [-0.1, -0.05) is 0 Å². The van der Waals surface area contributed by atoms with E-state index in [1.165, 1.54) is 13.0 Å². The van der Waals surface area contributed by atoms with Crippen molar-refractivity contribution in [3.05, 3.63) is 33.8 Å². The third-order valence-electron chi connectivity index (χ3n) is 2.00. The van der Waals surface area contributed by atoms with Gasteiger partial charge in [0.05, 0.1) is 10.5 Å². The van der Waals surface area contributed by atoms with E-state index in [4.69, 9.17) is 5.73 Å². The Morgan fingerprint density at radius 1 is 1.53 bits per heavy atom. The maximum absolute atomic E-state index is 13.4. The number of ketones is 1. The van der Waals surface area contributed by atoms with Crippen molar-refractivity contribution >= 4 is 21.7 Å². The quantitative estimate of drug-likeness (QED) is 0.861. The molecule has 2 N–H and O–H groups in total. The van der Waals surface area contributed by atoms with E-state index in [1.807, 2.05) is 0 Å². The third kappa shape index (κ3) is 2.82. The molecule has 0 aromatic heterocycles. The molecular formula is C10H10BrF2NO. The minimum absolute atomic E-state index is 0.136. The van der Waals surface area contributed by atoms with E-state index in [-0.39, 0.29) is 16.5 Å². The first kappa shape index (κ1) is 12.3. The number of halogens is 3. The van der Waals surface area contributed by atoms with E-state index in [1.54, 1.807) is 0 Å². The van der Waals surface area contributed by atoms with Gasteiger partial charge in [-0.05, 0) is 35.0 Å². The first-order valence-electron chi connectivity index (χ1n) is 4.34. The Labute approximate surface area is 94.6 Å². The molecule has 1 aromatic rings. The third-order valence-corrected chi connectivity index (χ3v) is 2.61. The number of hydrogen-bond donors (Lipinski definition) is 1. The molecule has 82 valence electrons. The van der Waals surface area contributed by atoms with Crippen molar-refractivity contribution in [2.45, 2.75) is 19.4 Å². The van der Waals surface area contributed by atoms with Gasteiger partial charge in [0.25, 0.3) is 0 Å². The number of hydrogen-bond acceptors (Lipinski definition) is 2. The summed E-state index contributed by atoms with van der Waals surface area (Å²) in [6.45, 7) is 1.48. The monoisotopic (exact) mass is 277 g/mol. The van der Waals surface area contributed by atoms with Crippen LogP contribution in [-0.4, -0.2) is 11.8 Å². The molecule has 1 rings (SSSR count). The highest BCUT2D eigenvalue weighted by atomic mass is 79.9. The number of carbonyl (C=O) groups excluding carboxylic acids is 1. The van der Waals surface area contributed by atoms with Gasteiger partial charge in [0, 0.05) is 12.0 Å². The predicted molar refractivity (Wildman–Crippen MR) is 56.4 cm³/mol. The molecule has 1 atom stereocenters. The van der Waals surface area contributed by atoms with Gasteiger partial charge >= 0.3 is 0 Å². The van der Waals surface area contributed by atoms with Crippen molar-refractivity contribution in [2.75, 3.05) is 0 Å². The van der Waals surface area contributed by atoms with Crippen LogP contribution in [0.4, 0.5) is 8.78 Å². The van der Waals surface area contributed by atoms with Gasteiger partial charge in [-0.2, -0.15) is 0 Å². The predicted octanol–water partition coefficient (Wildman–Crippen LogP) is 2.19. The molecule has 0 saturated carbocycles. The number of nitrogens with two attached hydrogens (primary N) is 1. The van der Waals surface area contributed by atoms with Crippen LogP contribution in [0.1, 0.15) is 12.5 Å². The van der Waals surface area contributed by atoms with Crippen molar-refractivity contribution in [1.29, 1.82) is 0 Å². The van der Waals surface area contributed by atoms with Gasteiger partial charge in [0.1, 0.15) is 11.6 Å². The van der Waals surface area contributed by atoms with Crippen LogP contribution in [0.2, 0.25) is 0 Å². The standard InChI is InChI=1S/C10H10BrF2NO/c1-5(14)9(15)4-6-8(12)3-2-7(11)10(6)13/h2-3,5H,4,14H2,1H3. The van der Waals surface area contributed by atoms with Gasteiger partial charge < -0.3 is 5.73 Å². The first-order chi connectivity index (χ1) is 6.93. The van der Waals surface area contributed by atoms with Crippen LogP contribution >= 0.6 is 15.9 Å². The molecule has 0 bridgehead atoms. The molecule has 2 nitrogen and oxygen atoms in total. The van der Waals surface area contributed by atoms with Crippen molar-refractivity contribution in [2.24, 2.45) is 5.73 Å². The van der Waals surface area contributed by atoms with Crippen LogP contribution in [0.3, 0.4) is 0 Å². The second-order valence-corrected chi connectivity index (χ2v) is 4.11. The fourth-order valence-corrected chi connectivity index (χ4v) is 1.44. The van der Waals surface area contributed by atoms with Gasteiger partial charge in [0.2, 0.25) is 0 Å². The van der Waals surface area contributed by atoms with Gasteiger partial charge in [-0.25, -0.2) is 8.78 Å². The van der Waals surface area contributed by atoms with Crippen LogP contribution in [-0.2, 0) is 11.2 Å². The highest BCUT2D eigenvalue weighted by molar-refractivity contribution is 9.10. The fourth-order valence-electron chi connectivity index (χ4n) is 1.07. The summed E-state index contributed by atoms with van der Waals surface area (Å²) in [6, 6.07) is 1.64. The van der Waals surface area contributed by atoms with E-state index in [0.29, 0.717) is 0 Å². The zero-order valence-corrected chi connectivity index (χ0v) is 9.64. The molecular weight excluding hydrogens is 268 g/mol. The lowest BCUT2D eigenvalue weighted by Gasteiger charge is -2.07. The second-order valence-electron chi connectivity index (χ2n) is 3.25. The molecule has 0 fully saturated rings. The molecule has 0 amide bonds. The molecule has 0 radical (unpaired) electrons. The highest BCUT2D eigenvalue weighted by Gasteiger charge is 2.17. The Morgan fingerprint density at radius 2 is 2.13 bits per heavy atom. The zero-order valence-electron chi connectivity index (χ0n) is 8.06. The lowest BCUT2D eigenvalue weighted by molar-refractivity contribution is -0.119. The first-order valence-corrected chi connectivity index (χ1v) is 5.13. The molecule has 0 aliphatic rings. The number of carbonyl (C=O) groups is 1. The maximum Gasteiger partial charge on any atom is 0.153 e. The van der Waals surface area contributed by atoms with Crippen molar-refractivity contribution in [3.8, 4) is 0 Å². The summed E-state index contributed by atoms with van der Waals surface area (Å²) in [5, 5.41) is 0. The molecule has 0 saturated heterocycles. The SMILES string of the molecule is CC(N)C(=O)Cc1c(F)ccc(Br)c1F. The summed E-state index contributed by atoms with van der Waals surface area (Å²) in [7, 11) is 0. The van der Waals surface area contributed by atoms with Crippen molar-refractivity contribution < 1.29 is 13.6 Å². The Balaban J connectivity index is 3.04. The number of benzene rings is 1. The fraction of sp³-hybridized carbons (Fsp3) is 0.300. The van der Waals surface area contributed by atoms with E-state index in [0.717, 1.165) is 6.07 Å². The molecule has 1 aromatic carbocycles.